The minimum Gasteiger partial charge on any atom is -0.496 e. The second-order valence-electron chi connectivity index (χ2n) is 5.79. The Labute approximate surface area is 121 Å². The normalized spacial score (nSPS) is 15.7. The molecule has 0 aromatic heterocycles. The van der Waals surface area contributed by atoms with Gasteiger partial charge in [-0.1, -0.05) is 20.8 Å². The lowest BCUT2D eigenvalue weighted by molar-refractivity contribution is -0.267. The first-order valence-corrected chi connectivity index (χ1v) is 6.60. The van der Waals surface area contributed by atoms with E-state index in [1.807, 2.05) is 0 Å². The van der Waals surface area contributed by atoms with Gasteiger partial charge in [0.2, 0.25) is 0 Å². The first kappa shape index (κ1) is 17.8. The molecule has 0 fully saturated rings. The molecule has 1 N–H and O–H groups in total. The van der Waals surface area contributed by atoms with E-state index in [0.717, 1.165) is 6.07 Å². The Morgan fingerprint density at radius 1 is 1.19 bits per heavy atom. The molecular formula is C15H20F4O2. The van der Waals surface area contributed by atoms with Gasteiger partial charge in [-0.3, -0.25) is 0 Å². The Kier molecular flexibility index (Phi) is 4.93. The molecule has 0 amide bonds. The van der Waals surface area contributed by atoms with E-state index in [0.29, 0.717) is 11.3 Å². The van der Waals surface area contributed by atoms with Crippen LogP contribution >= 0.6 is 0 Å². The van der Waals surface area contributed by atoms with Gasteiger partial charge in [-0.15, -0.1) is 0 Å². The van der Waals surface area contributed by atoms with Crippen molar-refractivity contribution in [2.75, 3.05) is 7.11 Å². The molecule has 21 heavy (non-hydrogen) atoms. The molecule has 120 valence electrons. The molecular weight excluding hydrogens is 288 g/mol. The highest BCUT2D eigenvalue weighted by Gasteiger charge is 2.54. The highest BCUT2D eigenvalue weighted by Crippen LogP contribution is 2.44. The summed E-state index contributed by atoms with van der Waals surface area (Å²) in [5.41, 5.74) is -3.65. The van der Waals surface area contributed by atoms with Crippen LogP contribution in [-0.4, -0.2) is 24.0 Å². The number of aliphatic hydroxyl groups is 1. The van der Waals surface area contributed by atoms with Crippen LogP contribution in [0.3, 0.4) is 0 Å². The number of alkyl halides is 3. The Hall–Kier alpha value is -1.30. The van der Waals surface area contributed by atoms with E-state index in [1.54, 1.807) is 0 Å². The number of hydrogen-bond donors (Lipinski definition) is 1. The van der Waals surface area contributed by atoms with Gasteiger partial charge in [-0.05, 0) is 36.5 Å². The standard InChI is InChI=1S/C15H20F4O2/c1-5-14(20,15(17,18)19)9-13(2,3)11-8-10(16)6-7-12(11)21-4/h6-8,20H,5,9H2,1-4H3. The van der Waals surface area contributed by atoms with Crippen molar-refractivity contribution in [2.45, 2.75) is 50.8 Å². The summed E-state index contributed by atoms with van der Waals surface area (Å²) in [5.74, 6) is -0.270. The second kappa shape index (κ2) is 5.83. The van der Waals surface area contributed by atoms with Crippen molar-refractivity contribution >= 4 is 0 Å². The van der Waals surface area contributed by atoms with Crippen molar-refractivity contribution in [3.8, 4) is 5.75 Å². The Morgan fingerprint density at radius 3 is 2.19 bits per heavy atom. The summed E-state index contributed by atoms with van der Waals surface area (Å²) in [6.07, 6.45) is -5.81. The summed E-state index contributed by atoms with van der Waals surface area (Å²) in [5, 5.41) is 9.93. The monoisotopic (exact) mass is 308 g/mol. The summed E-state index contributed by atoms with van der Waals surface area (Å²) in [4.78, 5) is 0. The van der Waals surface area contributed by atoms with E-state index in [4.69, 9.17) is 4.74 Å². The minimum atomic E-state index is -4.75. The molecule has 0 aliphatic rings. The zero-order chi connectivity index (χ0) is 16.5. The molecule has 0 spiro atoms. The van der Waals surface area contributed by atoms with Crippen molar-refractivity contribution in [1.29, 1.82) is 0 Å². The van der Waals surface area contributed by atoms with Gasteiger partial charge in [0, 0.05) is 5.56 Å². The lowest BCUT2D eigenvalue weighted by Gasteiger charge is -2.37. The van der Waals surface area contributed by atoms with Crippen LogP contribution in [0.1, 0.15) is 39.2 Å². The predicted molar refractivity (Wildman–Crippen MR) is 71.9 cm³/mol. The smallest absolute Gasteiger partial charge is 0.417 e. The van der Waals surface area contributed by atoms with Crippen molar-refractivity contribution in [1.82, 2.24) is 0 Å². The van der Waals surface area contributed by atoms with Crippen LogP contribution < -0.4 is 4.74 Å². The highest BCUT2D eigenvalue weighted by molar-refractivity contribution is 5.39. The highest BCUT2D eigenvalue weighted by atomic mass is 19.4. The van der Waals surface area contributed by atoms with Crippen molar-refractivity contribution < 1.29 is 27.4 Å². The zero-order valence-corrected chi connectivity index (χ0v) is 12.5. The van der Waals surface area contributed by atoms with E-state index in [-0.39, 0.29) is 0 Å². The molecule has 0 bridgehead atoms. The quantitative estimate of drug-likeness (QED) is 0.826. The first-order chi connectivity index (χ1) is 9.47. The van der Waals surface area contributed by atoms with Crippen molar-refractivity contribution in [2.24, 2.45) is 0 Å². The molecule has 1 aromatic carbocycles. The molecule has 2 nitrogen and oxygen atoms in total. The van der Waals surface area contributed by atoms with Crippen molar-refractivity contribution in [3.63, 3.8) is 0 Å². The average Bonchev–Trinajstić information content (AvgIpc) is 2.36. The number of methoxy groups -OCH3 is 1. The maximum absolute atomic E-state index is 13.4. The lowest BCUT2D eigenvalue weighted by atomic mass is 9.73. The van der Waals surface area contributed by atoms with Crippen LogP contribution in [0.5, 0.6) is 5.75 Å². The third-order valence-electron chi connectivity index (χ3n) is 3.74. The molecule has 6 heteroatoms. The summed E-state index contributed by atoms with van der Waals surface area (Å²) < 4.78 is 57.7. The van der Waals surface area contributed by atoms with Gasteiger partial charge in [0.1, 0.15) is 11.6 Å². The maximum atomic E-state index is 13.4. The van der Waals surface area contributed by atoms with Gasteiger partial charge in [0.05, 0.1) is 7.11 Å². The van der Waals surface area contributed by atoms with Crippen LogP contribution in [0.15, 0.2) is 18.2 Å². The number of halogens is 4. The third kappa shape index (κ3) is 3.67. The van der Waals surface area contributed by atoms with Gasteiger partial charge in [0.15, 0.2) is 5.60 Å². The molecule has 1 aromatic rings. The summed E-state index contributed by atoms with van der Waals surface area (Å²) >= 11 is 0. The SMILES string of the molecule is CCC(O)(CC(C)(C)c1cc(F)ccc1OC)C(F)(F)F. The number of benzene rings is 1. The van der Waals surface area contributed by atoms with Crippen LogP contribution in [0.2, 0.25) is 0 Å². The van der Waals surface area contributed by atoms with Gasteiger partial charge < -0.3 is 9.84 Å². The Morgan fingerprint density at radius 2 is 1.76 bits per heavy atom. The van der Waals surface area contributed by atoms with E-state index in [9.17, 15) is 22.7 Å². The molecule has 0 heterocycles. The molecule has 0 saturated heterocycles. The summed E-state index contributed by atoms with van der Waals surface area (Å²) in [6.45, 7) is 4.32. The van der Waals surface area contributed by atoms with Gasteiger partial charge in [0.25, 0.3) is 0 Å². The van der Waals surface area contributed by atoms with E-state index in [2.05, 4.69) is 0 Å². The zero-order valence-electron chi connectivity index (χ0n) is 12.5. The number of hydrogen-bond acceptors (Lipinski definition) is 2. The predicted octanol–water partition coefficient (Wildman–Crippen LogP) is 4.21. The fraction of sp³-hybridized carbons (Fsp3) is 0.600. The summed E-state index contributed by atoms with van der Waals surface area (Å²) in [6, 6.07) is 3.69. The maximum Gasteiger partial charge on any atom is 0.417 e. The molecule has 1 unspecified atom stereocenters. The average molecular weight is 308 g/mol. The van der Waals surface area contributed by atoms with E-state index in [1.165, 1.54) is 40.0 Å². The molecule has 1 atom stereocenters. The van der Waals surface area contributed by atoms with Crippen molar-refractivity contribution in [3.05, 3.63) is 29.6 Å². The Balaban J connectivity index is 3.25. The number of rotatable bonds is 5. The van der Waals surface area contributed by atoms with Gasteiger partial charge in [-0.2, -0.15) is 13.2 Å². The van der Waals surface area contributed by atoms with Crippen LogP contribution in [0.4, 0.5) is 17.6 Å². The molecule has 0 aliphatic carbocycles. The summed E-state index contributed by atoms with van der Waals surface area (Å²) in [7, 11) is 1.36. The van der Waals surface area contributed by atoms with E-state index < -0.39 is 35.9 Å². The molecule has 0 saturated carbocycles. The molecule has 1 rings (SSSR count). The van der Waals surface area contributed by atoms with Crippen LogP contribution in [-0.2, 0) is 5.41 Å². The molecule has 0 radical (unpaired) electrons. The number of ether oxygens (including phenoxy) is 1. The largest absolute Gasteiger partial charge is 0.496 e. The van der Waals surface area contributed by atoms with Crippen LogP contribution in [0.25, 0.3) is 0 Å². The second-order valence-corrected chi connectivity index (χ2v) is 5.79. The Bertz CT molecular complexity index is 497. The third-order valence-corrected chi connectivity index (χ3v) is 3.74. The lowest BCUT2D eigenvalue weighted by Crippen LogP contribution is -2.48. The van der Waals surface area contributed by atoms with Gasteiger partial charge >= 0.3 is 6.18 Å². The topological polar surface area (TPSA) is 29.5 Å². The van der Waals surface area contributed by atoms with Crippen LogP contribution in [0, 0.1) is 5.82 Å². The molecule has 0 aliphatic heterocycles. The minimum absolute atomic E-state index is 0.293. The fourth-order valence-electron chi connectivity index (χ4n) is 2.46. The van der Waals surface area contributed by atoms with E-state index >= 15 is 0 Å². The first-order valence-electron chi connectivity index (χ1n) is 6.60. The fourth-order valence-corrected chi connectivity index (χ4v) is 2.46. The van der Waals surface area contributed by atoms with Gasteiger partial charge in [-0.25, -0.2) is 4.39 Å².